The number of thioether (sulfide) groups is 1. The first-order valence-corrected chi connectivity index (χ1v) is 8.72. The van der Waals surface area contributed by atoms with Crippen LogP contribution in [-0.2, 0) is 6.54 Å². The molecule has 110 valence electrons. The van der Waals surface area contributed by atoms with Crippen LogP contribution in [0.15, 0.2) is 53.7 Å². The van der Waals surface area contributed by atoms with E-state index in [-0.39, 0.29) is 0 Å². The first-order valence-electron chi connectivity index (χ1n) is 7.74. The van der Waals surface area contributed by atoms with Gasteiger partial charge in [0, 0.05) is 24.3 Å². The molecule has 3 heteroatoms. The van der Waals surface area contributed by atoms with Crippen molar-refractivity contribution in [3.63, 3.8) is 0 Å². The van der Waals surface area contributed by atoms with E-state index in [2.05, 4.69) is 59.3 Å². The minimum atomic E-state index is 0.521. The fourth-order valence-corrected chi connectivity index (χ4v) is 3.88. The van der Waals surface area contributed by atoms with Crippen LogP contribution in [0.3, 0.4) is 0 Å². The zero-order valence-corrected chi connectivity index (χ0v) is 13.4. The second-order valence-corrected chi connectivity index (χ2v) is 6.70. The highest BCUT2D eigenvalue weighted by Gasteiger charge is 2.28. The number of rotatable bonds is 5. The first kappa shape index (κ1) is 14.6. The lowest BCUT2D eigenvalue weighted by Gasteiger charge is -2.26. The van der Waals surface area contributed by atoms with E-state index in [0.29, 0.717) is 6.04 Å². The molecule has 1 aliphatic heterocycles. The molecule has 21 heavy (non-hydrogen) atoms. The number of likely N-dealkylation sites (tertiary alicyclic amines) is 1. The molecule has 0 amide bonds. The van der Waals surface area contributed by atoms with E-state index in [9.17, 15) is 0 Å². The topological polar surface area (TPSA) is 16.1 Å². The van der Waals surface area contributed by atoms with Crippen molar-refractivity contribution < 1.29 is 0 Å². The summed E-state index contributed by atoms with van der Waals surface area (Å²) in [5.74, 6) is 1.08. The molecule has 0 N–H and O–H groups in total. The molecule has 1 aliphatic rings. The van der Waals surface area contributed by atoms with Crippen LogP contribution in [0.5, 0.6) is 0 Å². The Labute approximate surface area is 131 Å². The van der Waals surface area contributed by atoms with Crippen molar-refractivity contribution in [2.24, 2.45) is 0 Å². The monoisotopic (exact) mass is 298 g/mol. The van der Waals surface area contributed by atoms with E-state index in [4.69, 9.17) is 0 Å². The molecule has 1 aromatic carbocycles. The summed E-state index contributed by atoms with van der Waals surface area (Å²) in [4.78, 5) is 7.19. The quantitative estimate of drug-likeness (QED) is 0.754. The zero-order chi connectivity index (χ0) is 14.5. The van der Waals surface area contributed by atoms with Gasteiger partial charge in [-0.3, -0.25) is 4.90 Å². The largest absolute Gasteiger partial charge is 0.292 e. The van der Waals surface area contributed by atoms with E-state index in [1.54, 1.807) is 0 Å². The number of hydrogen-bond donors (Lipinski definition) is 0. The van der Waals surface area contributed by atoms with E-state index in [1.165, 1.54) is 35.5 Å². The van der Waals surface area contributed by atoms with Crippen molar-refractivity contribution in [1.82, 2.24) is 9.88 Å². The van der Waals surface area contributed by atoms with Gasteiger partial charge in [0.05, 0.1) is 0 Å². The molecule has 1 fully saturated rings. The standard InChI is InChI=1S/C18H22N2S/c1-2-21-18-16(10-6-12-19-18)17-11-7-13-20(17)14-15-8-4-3-5-9-15/h3-6,8-10,12,17H,2,7,11,13-14H2,1H3/t17-/m1/s1. The van der Waals surface area contributed by atoms with Gasteiger partial charge in [-0.25, -0.2) is 4.98 Å². The summed E-state index contributed by atoms with van der Waals surface area (Å²) < 4.78 is 0. The number of hydrogen-bond acceptors (Lipinski definition) is 3. The Kier molecular flexibility index (Phi) is 4.94. The molecule has 2 nitrogen and oxygen atoms in total. The maximum absolute atomic E-state index is 4.59. The normalized spacial score (nSPS) is 19.0. The Morgan fingerprint density at radius 2 is 2.05 bits per heavy atom. The number of nitrogens with zero attached hydrogens (tertiary/aromatic N) is 2. The number of aromatic nitrogens is 1. The summed E-state index contributed by atoms with van der Waals surface area (Å²) in [7, 11) is 0. The molecule has 0 aliphatic carbocycles. The van der Waals surface area contributed by atoms with Crippen molar-refractivity contribution in [2.45, 2.75) is 37.4 Å². The van der Waals surface area contributed by atoms with Crippen molar-refractivity contribution in [1.29, 1.82) is 0 Å². The number of pyridine rings is 1. The van der Waals surface area contributed by atoms with E-state index in [1.807, 2.05) is 18.0 Å². The highest BCUT2D eigenvalue weighted by Crippen LogP contribution is 2.37. The lowest BCUT2D eigenvalue weighted by atomic mass is 10.1. The average molecular weight is 298 g/mol. The summed E-state index contributed by atoms with van der Waals surface area (Å²) in [6.45, 7) is 4.42. The molecule has 2 heterocycles. The fraction of sp³-hybridized carbons (Fsp3) is 0.389. The maximum Gasteiger partial charge on any atom is 0.101 e. The van der Waals surface area contributed by atoms with Crippen molar-refractivity contribution in [3.8, 4) is 0 Å². The van der Waals surface area contributed by atoms with Crippen LogP contribution in [-0.4, -0.2) is 22.2 Å². The Morgan fingerprint density at radius 3 is 2.86 bits per heavy atom. The third-order valence-electron chi connectivity index (χ3n) is 4.03. The molecule has 0 unspecified atom stereocenters. The molecule has 2 aromatic rings. The van der Waals surface area contributed by atoms with Gasteiger partial charge in [-0.15, -0.1) is 11.8 Å². The summed E-state index contributed by atoms with van der Waals surface area (Å²) in [6, 6.07) is 15.6. The van der Waals surface area contributed by atoms with Crippen LogP contribution in [0.4, 0.5) is 0 Å². The Morgan fingerprint density at radius 1 is 1.19 bits per heavy atom. The summed E-state index contributed by atoms with van der Waals surface area (Å²) >= 11 is 1.86. The van der Waals surface area contributed by atoms with Gasteiger partial charge in [0.1, 0.15) is 5.03 Å². The molecule has 1 aromatic heterocycles. The molecule has 0 spiro atoms. The van der Waals surface area contributed by atoms with Gasteiger partial charge < -0.3 is 0 Å². The molecule has 0 radical (unpaired) electrons. The Bertz CT molecular complexity index is 570. The molecular formula is C18H22N2S. The summed E-state index contributed by atoms with van der Waals surface area (Å²) in [5, 5.41) is 1.21. The van der Waals surface area contributed by atoms with Crippen molar-refractivity contribution >= 4 is 11.8 Å². The van der Waals surface area contributed by atoms with Crippen LogP contribution in [0.25, 0.3) is 0 Å². The predicted octanol–water partition coefficient (Wildman–Crippen LogP) is 4.53. The molecule has 0 saturated carbocycles. The van der Waals surface area contributed by atoms with Crippen molar-refractivity contribution in [3.05, 3.63) is 59.8 Å². The zero-order valence-electron chi connectivity index (χ0n) is 12.5. The first-order chi connectivity index (χ1) is 10.4. The molecule has 1 atom stereocenters. The van der Waals surface area contributed by atoms with Crippen molar-refractivity contribution in [2.75, 3.05) is 12.3 Å². The lowest BCUT2D eigenvalue weighted by Crippen LogP contribution is -2.23. The molecular weight excluding hydrogens is 276 g/mol. The van der Waals surface area contributed by atoms with Crippen LogP contribution >= 0.6 is 11.8 Å². The smallest absolute Gasteiger partial charge is 0.101 e. The third-order valence-corrected chi connectivity index (χ3v) is 4.94. The fourth-order valence-electron chi connectivity index (χ4n) is 3.10. The minimum Gasteiger partial charge on any atom is -0.292 e. The molecule has 1 saturated heterocycles. The van der Waals surface area contributed by atoms with Gasteiger partial charge in [-0.1, -0.05) is 43.3 Å². The van der Waals surface area contributed by atoms with Gasteiger partial charge in [0.15, 0.2) is 0 Å². The Balaban J connectivity index is 1.81. The van der Waals surface area contributed by atoms with Gasteiger partial charge >= 0.3 is 0 Å². The second kappa shape index (κ2) is 7.10. The van der Waals surface area contributed by atoms with E-state index in [0.717, 1.165) is 12.3 Å². The summed E-state index contributed by atoms with van der Waals surface area (Å²) in [5.41, 5.74) is 2.82. The highest BCUT2D eigenvalue weighted by atomic mass is 32.2. The van der Waals surface area contributed by atoms with Crippen LogP contribution < -0.4 is 0 Å². The second-order valence-electron chi connectivity index (χ2n) is 5.44. The maximum atomic E-state index is 4.59. The SMILES string of the molecule is CCSc1ncccc1[C@H]1CCCN1Cc1ccccc1. The lowest BCUT2D eigenvalue weighted by molar-refractivity contribution is 0.245. The van der Waals surface area contributed by atoms with Crippen LogP contribution in [0, 0.1) is 0 Å². The van der Waals surface area contributed by atoms with E-state index >= 15 is 0 Å². The van der Waals surface area contributed by atoms with Crippen LogP contribution in [0.2, 0.25) is 0 Å². The predicted molar refractivity (Wildman–Crippen MR) is 89.5 cm³/mol. The Hall–Kier alpha value is -1.32. The average Bonchev–Trinajstić information content (AvgIpc) is 2.97. The van der Waals surface area contributed by atoms with Crippen LogP contribution in [0.1, 0.15) is 36.9 Å². The van der Waals surface area contributed by atoms with Gasteiger partial charge in [-0.05, 0) is 36.8 Å². The summed E-state index contributed by atoms with van der Waals surface area (Å²) in [6.07, 6.45) is 4.44. The number of benzene rings is 1. The van der Waals surface area contributed by atoms with Gasteiger partial charge in [0.25, 0.3) is 0 Å². The molecule has 0 bridgehead atoms. The van der Waals surface area contributed by atoms with Gasteiger partial charge in [0.2, 0.25) is 0 Å². The molecule has 3 rings (SSSR count). The third kappa shape index (κ3) is 3.47. The highest BCUT2D eigenvalue weighted by molar-refractivity contribution is 7.99. The van der Waals surface area contributed by atoms with Gasteiger partial charge in [-0.2, -0.15) is 0 Å². The minimum absolute atomic E-state index is 0.521. The van der Waals surface area contributed by atoms with E-state index < -0.39 is 0 Å².